The van der Waals surface area contributed by atoms with Crippen molar-refractivity contribution in [3.63, 3.8) is 0 Å². The Kier molecular flexibility index (Phi) is 3.26. The third-order valence-corrected chi connectivity index (χ3v) is 5.45. The lowest BCUT2D eigenvalue weighted by atomic mass is 9.59. The predicted octanol–water partition coefficient (Wildman–Crippen LogP) is 3.22. The third kappa shape index (κ3) is 2.11. The van der Waals surface area contributed by atoms with Crippen LogP contribution in [0.3, 0.4) is 0 Å². The molecule has 1 saturated carbocycles. The second kappa shape index (κ2) is 4.82. The molecule has 2 aliphatic rings. The molecule has 20 heavy (non-hydrogen) atoms. The van der Waals surface area contributed by atoms with Gasteiger partial charge in [-0.1, -0.05) is 18.9 Å². The van der Waals surface area contributed by atoms with Gasteiger partial charge in [0.05, 0.1) is 0 Å². The molecule has 2 aliphatic carbocycles. The number of benzene rings is 1. The molecular formula is C18H22O2. The molecule has 0 heterocycles. The highest BCUT2D eigenvalue weighted by atomic mass is 16.3. The summed E-state index contributed by atoms with van der Waals surface area (Å²) in [5.41, 5.74) is 2.56. The van der Waals surface area contributed by atoms with Gasteiger partial charge in [0.1, 0.15) is 11.9 Å². The number of aliphatic hydroxyl groups excluding tert-OH is 1. The first-order valence-electron chi connectivity index (χ1n) is 7.49. The summed E-state index contributed by atoms with van der Waals surface area (Å²) in [6.07, 6.45) is 10.00. The average molecular weight is 270 g/mol. The van der Waals surface area contributed by atoms with Gasteiger partial charge in [-0.2, -0.15) is 0 Å². The summed E-state index contributed by atoms with van der Waals surface area (Å²) in [6, 6.07) is 5.79. The van der Waals surface area contributed by atoms with E-state index in [9.17, 15) is 10.2 Å². The molecule has 1 fully saturated rings. The van der Waals surface area contributed by atoms with E-state index in [0.29, 0.717) is 17.6 Å². The van der Waals surface area contributed by atoms with Gasteiger partial charge in [0.25, 0.3) is 0 Å². The first-order chi connectivity index (χ1) is 9.53. The van der Waals surface area contributed by atoms with Gasteiger partial charge in [0.2, 0.25) is 0 Å². The molecule has 2 nitrogen and oxygen atoms in total. The number of aryl methyl sites for hydroxylation is 1. The minimum atomic E-state index is -0.635. The van der Waals surface area contributed by atoms with Crippen molar-refractivity contribution >= 4 is 0 Å². The Balaban J connectivity index is 1.86. The van der Waals surface area contributed by atoms with Gasteiger partial charge in [-0.05, 0) is 67.2 Å². The largest absolute Gasteiger partial charge is 0.508 e. The van der Waals surface area contributed by atoms with Crippen molar-refractivity contribution < 1.29 is 10.2 Å². The summed E-state index contributed by atoms with van der Waals surface area (Å²) in [5, 5.41) is 19.7. The fourth-order valence-corrected chi connectivity index (χ4v) is 4.24. The van der Waals surface area contributed by atoms with E-state index in [2.05, 4.69) is 18.9 Å². The van der Waals surface area contributed by atoms with Crippen LogP contribution in [0.5, 0.6) is 5.75 Å². The zero-order valence-electron chi connectivity index (χ0n) is 12.0. The van der Waals surface area contributed by atoms with Gasteiger partial charge in [-0.3, -0.25) is 0 Å². The molecule has 0 bridgehead atoms. The molecule has 0 radical (unpaired) electrons. The standard InChI is InChI=1S/C18H22O2/c1-3-17(20)18(2)9-8-16-13(11-18)5-4-12-10-14(19)6-7-15(12)16/h1,6-7,10,13,16-17,19-20H,4-5,8-9,11H2,2H3/t13?,16?,17?,18-/m0/s1. The van der Waals surface area contributed by atoms with Crippen LogP contribution in [0.1, 0.15) is 49.7 Å². The van der Waals surface area contributed by atoms with Crippen LogP contribution in [0, 0.1) is 23.7 Å². The van der Waals surface area contributed by atoms with Crippen molar-refractivity contribution in [2.75, 3.05) is 0 Å². The number of phenolic OH excluding ortho intramolecular Hbond substituents is 1. The minimum absolute atomic E-state index is 0.135. The molecule has 0 spiro atoms. The number of fused-ring (bicyclic) bond motifs is 3. The molecule has 2 heteroatoms. The molecule has 0 saturated heterocycles. The smallest absolute Gasteiger partial charge is 0.119 e. The Labute approximate surface area is 120 Å². The monoisotopic (exact) mass is 270 g/mol. The second-order valence-electron chi connectivity index (χ2n) is 6.75. The summed E-state index contributed by atoms with van der Waals surface area (Å²) in [6.45, 7) is 2.13. The molecule has 3 unspecified atom stereocenters. The van der Waals surface area contributed by atoms with Crippen LogP contribution in [0.25, 0.3) is 0 Å². The second-order valence-corrected chi connectivity index (χ2v) is 6.75. The van der Waals surface area contributed by atoms with Crippen LogP contribution >= 0.6 is 0 Å². The van der Waals surface area contributed by atoms with E-state index >= 15 is 0 Å². The number of rotatable bonds is 1. The molecule has 4 atom stereocenters. The number of aliphatic hydroxyl groups is 1. The maximum absolute atomic E-state index is 10.1. The third-order valence-electron chi connectivity index (χ3n) is 5.45. The molecule has 0 amide bonds. The van der Waals surface area contributed by atoms with Crippen molar-refractivity contribution in [2.45, 2.75) is 51.0 Å². The summed E-state index contributed by atoms with van der Waals surface area (Å²) in [5.74, 6) is 4.06. The molecule has 3 rings (SSSR count). The van der Waals surface area contributed by atoms with E-state index in [0.717, 1.165) is 32.1 Å². The van der Waals surface area contributed by atoms with Crippen LogP contribution in [0.15, 0.2) is 18.2 Å². The van der Waals surface area contributed by atoms with Crippen molar-refractivity contribution in [3.05, 3.63) is 29.3 Å². The molecule has 1 aromatic rings. The fourth-order valence-electron chi connectivity index (χ4n) is 4.24. The molecule has 0 aromatic heterocycles. The summed E-state index contributed by atoms with van der Waals surface area (Å²) in [4.78, 5) is 0. The number of terminal acetylenes is 1. The number of aromatic hydroxyl groups is 1. The Hall–Kier alpha value is -1.46. The van der Waals surface area contributed by atoms with Crippen molar-refractivity contribution in [2.24, 2.45) is 11.3 Å². The van der Waals surface area contributed by atoms with Gasteiger partial charge < -0.3 is 10.2 Å². The summed E-state index contributed by atoms with van der Waals surface area (Å²) in [7, 11) is 0. The first-order valence-corrected chi connectivity index (χ1v) is 7.49. The number of hydrogen-bond donors (Lipinski definition) is 2. The fraction of sp³-hybridized carbons (Fsp3) is 0.556. The quantitative estimate of drug-likeness (QED) is 0.769. The topological polar surface area (TPSA) is 40.5 Å². The lowest BCUT2D eigenvalue weighted by molar-refractivity contribution is 0.0179. The van der Waals surface area contributed by atoms with Crippen LogP contribution in [-0.2, 0) is 6.42 Å². The molecule has 1 aromatic carbocycles. The van der Waals surface area contributed by atoms with Crippen LogP contribution < -0.4 is 0 Å². The molecule has 106 valence electrons. The van der Waals surface area contributed by atoms with Gasteiger partial charge in [-0.15, -0.1) is 6.42 Å². The highest BCUT2D eigenvalue weighted by molar-refractivity contribution is 5.39. The Morgan fingerprint density at radius 2 is 2.20 bits per heavy atom. The Bertz CT molecular complexity index is 557. The molecule has 0 aliphatic heterocycles. The van der Waals surface area contributed by atoms with Gasteiger partial charge in [0, 0.05) is 5.41 Å². The van der Waals surface area contributed by atoms with E-state index in [1.54, 1.807) is 6.07 Å². The SMILES string of the molecule is C#CC(O)[C@@]1(C)CCC2c3ccc(O)cc3CCC2C1. The lowest BCUT2D eigenvalue weighted by Gasteiger charge is -2.46. The van der Waals surface area contributed by atoms with Crippen molar-refractivity contribution in [1.82, 2.24) is 0 Å². The number of hydrogen-bond acceptors (Lipinski definition) is 2. The molecule has 2 N–H and O–H groups in total. The predicted molar refractivity (Wildman–Crippen MR) is 79.5 cm³/mol. The lowest BCUT2D eigenvalue weighted by Crippen LogP contribution is -2.40. The average Bonchev–Trinajstić information content (AvgIpc) is 2.45. The van der Waals surface area contributed by atoms with E-state index in [1.807, 2.05) is 6.07 Å². The highest BCUT2D eigenvalue weighted by Gasteiger charge is 2.43. The Morgan fingerprint density at radius 3 is 2.95 bits per heavy atom. The minimum Gasteiger partial charge on any atom is -0.508 e. The van der Waals surface area contributed by atoms with Crippen LogP contribution in [0.2, 0.25) is 0 Å². The van der Waals surface area contributed by atoms with E-state index in [4.69, 9.17) is 6.42 Å². The summed E-state index contributed by atoms with van der Waals surface area (Å²) < 4.78 is 0. The number of phenols is 1. The normalized spacial score (nSPS) is 33.6. The van der Waals surface area contributed by atoms with E-state index in [-0.39, 0.29) is 5.41 Å². The highest BCUT2D eigenvalue weighted by Crippen LogP contribution is 2.52. The molecular weight excluding hydrogens is 248 g/mol. The maximum atomic E-state index is 10.1. The van der Waals surface area contributed by atoms with Crippen molar-refractivity contribution in [1.29, 1.82) is 0 Å². The van der Waals surface area contributed by atoms with Gasteiger partial charge in [-0.25, -0.2) is 0 Å². The summed E-state index contributed by atoms with van der Waals surface area (Å²) >= 11 is 0. The van der Waals surface area contributed by atoms with E-state index in [1.165, 1.54) is 11.1 Å². The zero-order chi connectivity index (χ0) is 14.3. The van der Waals surface area contributed by atoms with Crippen LogP contribution in [0.4, 0.5) is 0 Å². The van der Waals surface area contributed by atoms with Crippen molar-refractivity contribution in [3.8, 4) is 18.1 Å². The maximum Gasteiger partial charge on any atom is 0.119 e. The first kappa shape index (κ1) is 13.5. The van der Waals surface area contributed by atoms with Gasteiger partial charge in [0.15, 0.2) is 0 Å². The Morgan fingerprint density at radius 1 is 1.40 bits per heavy atom. The van der Waals surface area contributed by atoms with E-state index < -0.39 is 6.10 Å². The zero-order valence-corrected chi connectivity index (χ0v) is 12.0. The van der Waals surface area contributed by atoms with Gasteiger partial charge >= 0.3 is 0 Å². The van der Waals surface area contributed by atoms with Crippen LogP contribution in [-0.4, -0.2) is 16.3 Å².